The van der Waals surface area contributed by atoms with E-state index in [2.05, 4.69) is 29.0 Å². The Bertz CT molecular complexity index is 1190. The Labute approximate surface area is 220 Å². The van der Waals surface area contributed by atoms with Gasteiger partial charge in [-0.1, -0.05) is 23.7 Å². The highest BCUT2D eigenvalue weighted by Gasteiger charge is 2.48. The van der Waals surface area contributed by atoms with E-state index in [1.807, 2.05) is 4.90 Å². The van der Waals surface area contributed by atoms with Crippen LogP contribution in [0.25, 0.3) is 11.3 Å². The van der Waals surface area contributed by atoms with Gasteiger partial charge in [-0.2, -0.15) is 0 Å². The molecule has 6 nitrogen and oxygen atoms in total. The van der Waals surface area contributed by atoms with Crippen LogP contribution >= 0.6 is 11.6 Å². The Morgan fingerprint density at radius 2 is 1.95 bits per heavy atom. The fourth-order valence-electron chi connectivity index (χ4n) is 6.37. The maximum absolute atomic E-state index is 15.0. The van der Waals surface area contributed by atoms with Crippen LogP contribution in [-0.2, 0) is 6.54 Å². The number of hydrogen-bond donors (Lipinski definition) is 1. The highest BCUT2D eigenvalue weighted by Crippen LogP contribution is 2.47. The van der Waals surface area contributed by atoms with Gasteiger partial charge in [-0.3, -0.25) is 9.80 Å². The van der Waals surface area contributed by atoms with Crippen LogP contribution in [0, 0.1) is 5.82 Å². The average molecular weight is 536 g/mol. The average Bonchev–Trinajstić information content (AvgIpc) is 3.30. The molecule has 0 amide bonds. The largest absolute Gasteiger partial charge is 0.490 e. The first-order valence-corrected chi connectivity index (χ1v) is 13.5. The van der Waals surface area contributed by atoms with Crippen LogP contribution in [0.4, 0.5) is 19.0 Å². The molecule has 2 atom stereocenters. The molecule has 1 aromatic heterocycles. The second-order valence-corrected chi connectivity index (χ2v) is 11.8. The van der Waals surface area contributed by atoms with E-state index in [1.165, 1.54) is 6.07 Å². The van der Waals surface area contributed by atoms with Crippen molar-refractivity contribution >= 4 is 17.4 Å². The van der Waals surface area contributed by atoms with Crippen LogP contribution < -0.4 is 15.0 Å². The smallest absolute Gasteiger partial charge is 0.261 e. The number of nitrogens with zero attached hydrogens (tertiary/aromatic N) is 4. The minimum absolute atomic E-state index is 0.0213. The standard InChI is InChI=1S/C27H33ClF3N5O/c1-26(2)11-17(35-9-7-27(30,31)16-35)13-36(26)25-20-14-34-10-8-32-12-18(34)15-37-24(20)22(28)23(33-25)19-5-3-4-6-21(19)29/h3-6,17-18,32H,7-16H2,1-2H3/t17?,18-/m1/s1. The number of benzene rings is 1. The number of anilines is 1. The molecule has 0 spiro atoms. The van der Waals surface area contributed by atoms with Gasteiger partial charge in [0.05, 0.1) is 23.8 Å². The van der Waals surface area contributed by atoms with Gasteiger partial charge in [0.1, 0.15) is 29.0 Å². The number of alkyl halides is 2. The minimum Gasteiger partial charge on any atom is -0.490 e. The zero-order valence-electron chi connectivity index (χ0n) is 21.2. The van der Waals surface area contributed by atoms with Crippen molar-refractivity contribution in [3.8, 4) is 17.0 Å². The lowest BCUT2D eigenvalue weighted by Gasteiger charge is -2.36. The molecular formula is C27H33ClF3N5O. The van der Waals surface area contributed by atoms with E-state index in [-0.39, 0.29) is 30.6 Å². The Balaban J connectivity index is 1.46. The molecule has 1 N–H and O–H groups in total. The molecule has 0 saturated carbocycles. The molecule has 10 heteroatoms. The quantitative estimate of drug-likeness (QED) is 0.628. The number of halogens is 4. The maximum Gasteiger partial charge on any atom is 0.261 e. The van der Waals surface area contributed by atoms with Gasteiger partial charge in [0.25, 0.3) is 5.92 Å². The zero-order chi connectivity index (χ0) is 25.9. The van der Waals surface area contributed by atoms with E-state index >= 15 is 0 Å². The fraction of sp³-hybridized carbons (Fsp3) is 0.593. The summed E-state index contributed by atoms with van der Waals surface area (Å²) >= 11 is 6.92. The van der Waals surface area contributed by atoms with E-state index in [4.69, 9.17) is 21.3 Å². The van der Waals surface area contributed by atoms with Gasteiger partial charge >= 0.3 is 0 Å². The number of aromatic nitrogens is 1. The summed E-state index contributed by atoms with van der Waals surface area (Å²) in [7, 11) is 0. The third kappa shape index (κ3) is 4.58. The van der Waals surface area contributed by atoms with Gasteiger partial charge in [-0.05, 0) is 32.4 Å². The lowest BCUT2D eigenvalue weighted by Crippen LogP contribution is -2.52. The first kappa shape index (κ1) is 25.2. The normalized spacial score (nSPS) is 27.5. The van der Waals surface area contributed by atoms with E-state index in [9.17, 15) is 13.2 Å². The van der Waals surface area contributed by atoms with Crippen LogP contribution in [0.15, 0.2) is 24.3 Å². The lowest BCUT2D eigenvalue weighted by molar-refractivity contribution is 0.00827. The third-order valence-corrected chi connectivity index (χ3v) is 8.73. The number of rotatable bonds is 3. The summed E-state index contributed by atoms with van der Waals surface area (Å²) in [6.45, 7) is 8.63. The number of ether oxygens (including phenoxy) is 1. The summed E-state index contributed by atoms with van der Waals surface area (Å²) < 4.78 is 49.5. The molecule has 1 unspecified atom stereocenters. The molecule has 0 aliphatic carbocycles. The molecule has 3 fully saturated rings. The molecule has 200 valence electrons. The Hall–Kier alpha value is -2.07. The van der Waals surface area contributed by atoms with Gasteiger partial charge in [0, 0.05) is 62.8 Å². The first-order valence-electron chi connectivity index (χ1n) is 13.1. The SMILES string of the molecule is CC1(C)CC(N2CCC(F)(F)C2)CN1c1nc(-c2ccccc2F)c(Cl)c2c1CN1CCNC[C@@H]1CO2. The molecule has 6 rings (SSSR count). The number of fused-ring (bicyclic) bond motifs is 2. The lowest BCUT2D eigenvalue weighted by atomic mass is 9.99. The van der Waals surface area contributed by atoms with Crippen molar-refractivity contribution < 1.29 is 17.9 Å². The summed E-state index contributed by atoms with van der Waals surface area (Å²) in [4.78, 5) is 11.5. The van der Waals surface area contributed by atoms with E-state index in [0.717, 1.165) is 31.6 Å². The van der Waals surface area contributed by atoms with Crippen molar-refractivity contribution in [3.05, 3.63) is 40.7 Å². The van der Waals surface area contributed by atoms with Crippen LogP contribution in [-0.4, -0.2) is 84.2 Å². The summed E-state index contributed by atoms with van der Waals surface area (Å²) in [6.07, 6.45) is 0.627. The van der Waals surface area contributed by atoms with Crippen LogP contribution in [0.5, 0.6) is 5.75 Å². The molecule has 37 heavy (non-hydrogen) atoms. The van der Waals surface area contributed by atoms with Gasteiger partial charge in [-0.15, -0.1) is 0 Å². The molecule has 4 aliphatic rings. The van der Waals surface area contributed by atoms with Crippen molar-refractivity contribution in [1.82, 2.24) is 20.1 Å². The maximum atomic E-state index is 15.0. The molecule has 0 radical (unpaired) electrons. The summed E-state index contributed by atoms with van der Waals surface area (Å²) in [5.74, 6) is -1.80. The third-order valence-electron chi connectivity index (χ3n) is 8.38. The first-order chi connectivity index (χ1) is 17.6. The number of likely N-dealkylation sites (tertiary alicyclic amines) is 1. The molecule has 2 aromatic rings. The van der Waals surface area contributed by atoms with Crippen molar-refractivity contribution in [3.63, 3.8) is 0 Å². The second kappa shape index (κ2) is 9.29. The van der Waals surface area contributed by atoms with Crippen LogP contribution in [0.1, 0.15) is 32.3 Å². The number of hydrogen-bond acceptors (Lipinski definition) is 6. The molecular weight excluding hydrogens is 503 g/mol. The van der Waals surface area contributed by atoms with Crippen molar-refractivity contribution in [2.75, 3.05) is 50.8 Å². The van der Waals surface area contributed by atoms with Crippen molar-refractivity contribution in [2.24, 2.45) is 0 Å². The van der Waals surface area contributed by atoms with E-state index in [1.54, 1.807) is 18.2 Å². The summed E-state index contributed by atoms with van der Waals surface area (Å²) in [6, 6.07) is 6.64. The molecule has 5 heterocycles. The highest BCUT2D eigenvalue weighted by molar-refractivity contribution is 6.34. The van der Waals surface area contributed by atoms with Crippen molar-refractivity contribution in [2.45, 2.75) is 56.8 Å². The summed E-state index contributed by atoms with van der Waals surface area (Å²) in [5, 5.41) is 3.74. The predicted octanol–water partition coefficient (Wildman–Crippen LogP) is 4.41. The van der Waals surface area contributed by atoms with E-state index < -0.39 is 11.7 Å². The second-order valence-electron chi connectivity index (χ2n) is 11.4. The Kier molecular flexibility index (Phi) is 6.33. The Morgan fingerprint density at radius 1 is 1.14 bits per heavy atom. The number of pyridine rings is 1. The van der Waals surface area contributed by atoms with Gasteiger partial charge in [0.2, 0.25) is 0 Å². The molecule has 3 saturated heterocycles. The van der Waals surface area contributed by atoms with Gasteiger partial charge < -0.3 is 15.0 Å². The predicted molar refractivity (Wildman–Crippen MR) is 138 cm³/mol. The van der Waals surface area contributed by atoms with Crippen molar-refractivity contribution in [1.29, 1.82) is 0 Å². The van der Waals surface area contributed by atoms with Gasteiger partial charge in [-0.25, -0.2) is 18.2 Å². The molecule has 0 bridgehead atoms. The molecule has 4 aliphatic heterocycles. The van der Waals surface area contributed by atoms with Crippen LogP contribution in [0.2, 0.25) is 5.02 Å². The Morgan fingerprint density at radius 3 is 2.70 bits per heavy atom. The highest BCUT2D eigenvalue weighted by atomic mass is 35.5. The number of piperazine rings is 1. The monoisotopic (exact) mass is 535 g/mol. The fourth-order valence-corrected chi connectivity index (χ4v) is 6.68. The van der Waals surface area contributed by atoms with Crippen LogP contribution in [0.3, 0.4) is 0 Å². The van der Waals surface area contributed by atoms with Gasteiger partial charge in [0.15, 0.2) is 0 Å². The molecule has 1 aromatic carbocycles. The zero-order valence-corrected chi connectivity index (χ0v) is 22.0. The topological polar surface area (TPSA) is 43.9 Å². The minimum atomic E-state index is -2.64. The number of nitrogens with one attached hydrogen (secondary N) is 1. The van der Waals surface area contributed by atoms with E-state index in [0.29, 0.717) is 54.1 Å². The summed E-state index contributed by atoms with van der Waals surface area (Å²) in [5.41, 5.74) is 1.20.